The first-order valence-electron chi connectivity index (χ1n) is 16.7. The molecular weight excluding hydrogens is 670 g/mol. The number of hydrogen-bond acceptors (Lipinski definition) is 9. The Morgan fingerprint density at radius 2 is 1.84 bits per heavy atom. The van der Waals surface area contributed by atoms with Crippen LogP contribution in [0.15, 0.2) is 45.1 Å². The summed E-state index contributed by atoms with van der Waals surface area (Å²) in [5, 5.41) is 12.9. The Bertz CT molecular complexity index is 1800. The van der Waals surface area contributed by atoms with Gasteiger partial charge in [0.25, 0.3) is 11.5 Å². The van der Waals surface area contributed by atoms with Gasteiger partial charge in [-0.15, -0.1) is 0 Å². The van der Waals surface area contributed by atoms with Crippen molar-refractivity contribution in [2.24, 2.45) is 10.6 Å². The molecule has 5 rings (SSSR count). The average molecular weight is 712 g/mol. The second-order valence-electron chi connectivity index (χ2n) is 14.3. The van der Waals surface area contributed by atoms with Gasteiger partial charge in [0.05, 0.1) is 24.7 Å². The summed E-state index contributed by atoms with van der Waals surface area (Å²) in [5.74, 6) is -3.42. The van der Waals surface area contributed by atoms with E-state index in [0.717, 1.165) is 18.9 Å². The van der Waals surface area contributed by atoms with E-state index in [9.17, 15) is 33.6 Å². The van der Waals surface area contributed by atoms with Gasteiger partial charge in [-0.1, -0.05) is 63.0 Å². The van der Waals surface area contributed by atoms with Crippen LogP contribution in [-0.2, 0) is 35.2 Å². The van der Waals surface area contributed by atoms with E-state index in [1.165, 1.54) is 4.90 Å². The lowest BCUT2D eigenvalue weighted by Gasteiger charge is -2.35. The molecule has 1 saturated carbocycles. The van der Waals surface area contributed by atoms with Gasteiger partial charge in [-0.05, 0) is 36.8 Å². The number of carbonyl (C=O) groups excluding carboxylic acids is 5. The molecule has 0 unspecified atom stereocenters. The summed E-state index contributed by atoms with van der Waals surface area (Å²) in [6.07, 6.45) is 2.15. The quantitative estimate of drug-likeness (QED) is 0.201. The number of carbonyl (C=O) groups is 5. The molecule has 3 heterocycles. The van der Waals surface area contributed by atoms with Crippen molar-refractivity contribution in [1.29, 1.82) is 0 Å². The van der Waals surface area contributed by atoms with Crippen molar-refractivity contribution in [3.8, 4) is 0 Å². The van der Waals surface area contributed by atoms with Crippen molar-refractivity contribution in [3.05, 3.63) is 67.4 Å². The molecule has 5 N–H and O–H groups in total. The van der Waals surface area contributed by atoms with Crippen LogP contribution in [-0.4, -0.2) is 86.3 Å². The van der Waals surface area contributed by atoms with Crippen molar-refractivity contribution in [2.45, 2.75) is 102 Å². The first kappa shape index (κ1) is 36.5. The molecule has 2 fully saturated rings. The van der Waals surface area contributed by atoms with Crippen LogP contribution in [0.25, 0.3) is 0 Å². The Hall–Kier alpha value is -4.79. The van der Waals surface area contributed by atoms with E-state index >= 15 is 0 Å². The van der Waals surface area contributed by atoms with Crippen LogP contribution >= 0.6 is 11.6 Å². The molecule has 268 valence electrons. The Labute approximate surface area is 292 Å². The van der Waals surface area contributed by atoms with E-state index in [1.807, 2.05) is 18.0 Å². The minimum Gasteiger partial charge on any atom is -0.387 e. The number of aromatic amines is 2. The molecule has 4 atom stereocenters. The second kappa shape index (κ2) is 14.6. The number of H-pyrrole nitrogens is 2. The Kier molecular flexibility index (Phi) is 10.6. The van der Waals surface area contributed by atoms with Crippen molar-refractivity contribution in [1.82, 2.24) is 30.8 Å². The normalized spacial score (nSPS) is 21.2. The molecule has 16 heteroatoms. The monoisotopic (exact) mass is 711 g/mol. The summed E-state index contributed by atoms with van der Waals surface area (Å²) in [6.45, 7) is 6.98. The average Bonchev–Trinajstić information content (AvgIpc) is 3.62. The molecule has 15 nitrogen and oxygen atoms in total. The number of likely N-dealkylation sites (tertiary alicyclic amines) is 1. The van der Waals surface area contributed by atoms with Crippen LogP contribution in [0, 0.1) is 5.41 Å². The minimum atomic E-state index is -1.17. The molecule has 1 saturated heterocycles. The molecule has 50 heavy (non-hydrogen) atoms. The summed E-state index contributed by atoms with van der Waals surface area (Å²) >= 11 is 6.22. The van der Waals surface area contributed by atoms with Crippen molar-refractivity contribution >= 4 is 46.7 Å². The summed E-state index contributed by atoms with van der Waals surface area (Å²) in [5.41, 5.74) is -2.10. The number of ketones is 1. The van der Waals surface area contributed by atoms with E-state index in [-0.39, 0.29) is 37.5 Å². The molecule has 0 radical (unpaired) electrons. The fraction of sp³-hybridized carbons (Fsp3) is 0.529. The fourth-order valence-electron chi connectivity index (χ4n) is 6.23. The van der Waals surface area contributed by atoms with E-state index in [1.54, 1.807) is 39.0 Å². The summed E-state index contributed by atoms with van der Waals surface area (Å²) < 4.78 is 0. The standard InChI is InChI=1S/C34H42ClN7O8/c1-5-7-22(27(45)30(47)36-20-10-11-20)38-29(46)24-16-34(15-23(41-50-34)18-8-6-9-19(35)12-18)17-42(24)31(48)28(33(2,3)4)39-25(43)13-21-14-26(44)40-32(49)37-21/h6,8-9,12,14,20,22,24,28H,5,7,10-11,13,15-17H2,1-4H3,(H,36,47)(H,38,46)(H,39,43)(H2,37,40,44,49)/t22-,24-,28+,34+/m0/s1. The van der Waals surface area contributed by atoms with Gasteiger partial charge >= 0.3 is 5.69 Å². The summed E-state index contributed by atoms with van der Waals surface area (Å²) in [7, 11) is 0. The van der Waals surface area contributed by atoms with Crippen molar-refractivity contribution < 1.29 is 28.8 Å². The van der Waals surface area contributed by atoms with E-state index in [2.05, 4.69) is 26.1 Å². The van der Waals surface area contributed by atoms with Gasteiger partial charge in [-0.2, -0.15) is 0 Å². The predicted molar refractivity (Wildman–Crippen MR) is 182 cm³/mol. The van der Waals surface area contributed by atoms with Crippen LogP contribution in [0.2, 0.25) is 5.02 Å². The number of aromatic nitrogens is 2. The molecule has 1 aromatic carbocycles. The summed E-state index contributed by atoms with van der Waals surface area (Å²) in [6, 6.07) is 4.65. The smallest absolute Gasteiger partial charge is 0.325 e. The molecule has 0 bridgehead atoms. The molecule has 1 aliphatic carbocycles. The maximum atomic E-state index is 14.5. The highest BCUT2D eigenvalue weighted by atomic mass is 35.5. The fourth-order valence-corrected chi connectivity index (χ4v) is 6.42. The SMILES string of the molecule is CCC[C@H](NC(=O)[C@@H]1C[C@]2(CC(c3cccc(Cl)c3)=NO2)CN1C(=O)[C@@H](NC(=O)Cc1cc(=O)[nH]c(=O)[nH]1)C(C)(C)C)C(=O)C(=O)NC1CC1. The van der Waals surface area contributed by atoms with E-state index < -0.39 is 76.2 Å². The lowest BCUT2D eigenvalue weighted by molar-refractivity contribution is -0.145. The zero-order valence-corrected chi connectivity index (χ0v) is 29.1. The van der Waals surface area contributed by atoms with Gasteiger partial charge in [-0.3, -0.25) is 33.8 Å². The molecule has 1 aromatic heterocycles. The highest BCUT2D eigenvalue weighted by molar-refractivity contribution is 6.38. The number of oxime groups is 1. The predicted octanol–water partition coefficient (Wildman–Crippen LogP) is 1.09. The van der Waals surface area contributed by atoms with Crippen LogP contribution < -0.4 is 27.2 Å². The zero-order chi connectivity index (χ0) is 36.4. The Balaban J connectivity index is 1.41. The lowest BCUT2D eigenvalue weighted by atomic mass is 9.85. The molecule has 2 aromatic rings. The van der Waals surface area contributed by atoms with Gasteiger partial charge in [0.15, 0.2) is 5.60 Å². The Morgan fingerprint density at radius 1 is 1.10 bits per heavy atom. The number of Topliss-reactive ketones (excluding diaryl/α,β-unsaturated/α-hetero) is 1. The van der Waals surface area contributed by atoms with Crippen LogP contribution in [0.3, 0.4) is 0 Å². The number of hydrogen-bond donors (Lipinski definition) is 5. The second-order valence-corrected chi connectivity index (χ2v) is 14.7. The van der Waals surface area contributed by atoms with Gasteiger partial charge in [-0.25, -0.2) is 4.79 Å². The topological polar surface area (TPSA) is 212 Å². The lowest BCUT2D eigenvalue weighted by Crippen LogP contribution is -2.59. The van der Waals surface area contributed by atoms with Gasteiger partial charge in [0, 0.05) is 41.2 Å². The highest BCUT2D eigenvalue weighted by Crippen LogP contribution is 2.40. The number of nitrogens with zero attached hydrogens (tertiary/aromatic N) is 2. The van der Waals surface area contributed by atoms with E-state index in [4.69, 9.17) is 16.4 Å². The third-order valence-electron chi connectivity index (χ3n) is 8.91. The number of amides is 4. The zero-order valence-electron chi connectivity index (χ0n) is 28.4. The first-order valence-corrected chi connectivity index (χ1v) is 17.0. The maximum Gasteiger partial charge on any atom is 0.325 e. The first-order chi connectivity index (χ1) is 23.6. The largest absolute Gasteiger partial charge is 0.387 e. The molecule has 3 aliphatic rings. The van der Waals surface area contributed by atoms with Crippen molar-refractivity contribution in [3.63, 3.8) is 0 Å². The number of halogens is 1. The number of rotatable bonds is 12. The van der Waals surface area contributed by atoms with Crippen molar-refractivity contribution in [2.75, 3.05) is 6.54 Å². The molecule has 2 aliphatic heterocycles. The van der Waals surface area contributed by atoms with Crippen LogP contribution in [0.4, 0.5) is 0 Å². The third-order valence-corrected chi connectivity index (χ3v) is 9.15. The molecule has 4 amide bonds. The Morgan fingerprint density at radius 3 is 2.48 bits per heavy atom. The number of nitrogens with one attached hydrogen (secondary N) is 5. The third kappa shape index (κ3) is 8.67. The van der Waals surface area contributed by atoms with Crippen LogP contribution in [0.5, 0.6) is 0 Å². The maximum absolute atomic E-state index is 14.5. The minimum absolute atomic E-state index is 0.0122. The molecular formula is C34H42ClN7O8. The van der Waals surface area contributed by atoms with Gasteiger partial charge < -0.3 is 30.7 Å². The molecule has 1 spiro atoms. The van der Waals surface area contributed by atoms with Gasteiger partial charge in [0.2, 0.25) is 23.5 Å². The highest BCUT2D eigenvalue weighted by Gasteiger charge is 2.55. The van der Waals surface area contributed by atoms with E-state index in [0.29, 0.717) is 22.7 Å². The number of benzene rings is 1. The van der Waals surface area contributed by atoms with Gasteiger partial charge in [0.1, 0.15) is 12.1 Å². The summed E-state index contributed by atoms with van der Waals surface area (Å²) in [4.78, 5) is 103. The van der Waals surface area contributed by atoms with Crippen LogP contribution in [0.1, 0.15) is 77.5 Å².